The van der Waals surface area contributed by atoms with Gasteiger partial charge in [-0.05, 0) is 36.1 Å². The number of benzene rings is 3. The molecule has 0 amide bonds. The first kappa shape index (κ1) is 23.1. The van der Waals surface area contributed by atoms with Crippen molar-refractivity contribution in [2.24, 2.45) is 0 Å². The summed E-state index contributed by atoms with van der Waals surface area (Å²) in [6.45, 7) is 4.74. The Kier molecular flexibility index (Phi) is 7.29. The third kappa shape index (κ3) is 5.13. The molecule has 4 rings (SSSR count). The molecule has 1 unspecified atom stereocenters. The van der Waals surface area contributed by atoms with E-state index in [0.717, 1.165) is 41.8 Å². The quantitative estimate of drug-likeness (QED) is 0.249. The molecule has 0 spiro atoms. The zero-order valence-corrected chi connectivity index (χ0v) is 19.7. The van der Waals surface area contributed by atoms with Gasteiger partial charge in [-0.1, -0.05) is 86.1 Å². The summed E-state index contributed by atoms with van der Waals surface area (Å²) < 4.78 is 3.93. The van der Waals surface area contributed by atoms with Crippen LogP contribution in [0.4, 0.5) is 0 Å². The first-order valence-electron chi connectivity index (χ1n) is 11.8. The summed E-state index contributed by atoms with van der Waals surface area (Å²) in [5.74, 6) is 1.03. The Morgan fingerprint density at radius 2 is 1.74 bits per heavy atom. The Morgan fingerprint density at radius 1 is 1.03 bits per heavy atom. The maximum atomic E-state index is 13.0. The van der Waals surface area contributed by atoms with E-state index in [1.165, 1.54) is 0 Å². The molecule has 0 saturated carbocycles. The third-order valence-electron chi connectivity index (χ3n) is 6.07. The number of hydrogen-bond donors (Lipinski definition) is 0. The fourth-order valence-electron chi connectivity index (χ4n) is 4.06. The molecule has 1 aromatic heterocycles. The zero-order valence-electron chi connectivity index (χ0n) is 19.7. The number of nitrogens with zero attached hydrogens (tertiary/aromatic N) is 4. The number of nitriles is 1. The number of rotatable bonds is 9. The monoisotopic (exact) mass is 449 g/mol. The molecular weight excluding hydrogens is 420 g/mol. The molecule has 0 aliphatic rings. The molecule has 3 aromatic carbocycles. The number of aromatic nitrogens is 3. The van der Waals surface area contributed by atoms with E-state index >= 15 is 0 Å². The van der Waals surface area contributed by atoms with Crippen molar-refractivity contribution in [3.8, 4) is 17.2 Å². The molecule has 0 bridgehead atoms. The largest absolute Gasteiger partial charge is 0.290 e. The number of ketones is 1. The van der Waals surface area contributed by atoms with Gasteiger partial charge in [0.15, 0.2) is 6.04 Å². The number of Topliss-reactive ketones (excluding diaryl/α,β-unsaturated/α-hetero) is 1. The fraction of sp³-hybridized carbons (Fsp3) is 0.241. The van der Waals surface area contributed by atoms with Crippen molar-refractivity contribution >= 4 is 5.78 Å². The topological polar surface area (TPSA) is 62.6 Å². The molecular formula is C29H29N4O+. The van der Waals surface area contributed by atoms with Gasteiger partial charge in [-0.15, -0.1) is 4.68 Å². The van der Waals surface area contributed by atoms with Crippen molar-refractivity contribution < 1.29 is 9.36 Å². The Bertz CT molecular complexity index is 1300. The van der Waals surface area contributed by atoms with Gasteiger partial charge in [0.05, 0.1) is 18.2 Å². The van der Waals surface area contributed by atoms with Crippen molar-refractivity contribution in [2.75, 3.05) is 0 Å². The minimum atomic E-state index is -0.381. The predicted molar refractivity (Wildman–Crippen MR) is 132 cm³/mol. The van der Waals surface area contributed by atoms with Crippen LogP contribution in [0.5, 0.6) is 0 Å². The summed E-state index contributed by atoms with van der Waals surface area (Å²) in [7, 11) is 0. The molecule has 0 radical (unpaired) electrons. The highest BCUT2D eigenvalue weighted by Crippen LogP contribution is 2.23. The maximum absolute atomic E-state index is 13.0. The number of hydrogen-bond acceptors (Lipinski definition) is 3. The van der Waals surface area contributed by atoms with Crippen LogP contribution in [-0.2, 0) is 13.0 Å². The molecule has 0 aliphatic carbocycles. The molecule has 5 nitrogen and oxygen atoms in total. The summed E-state index contributed by atoms with van der Waals surface area (Å²) in [6.07, 6.45) is 4.94. The molecule has 0 N–H and O–H groups in total. The molecule has 1 atom stereocenters. The molecule has 0 aliphatic heterocycles. The highest BCUT2D eigenvalue weighted by atomic mass is 16.1. The van der Waals surface area contributed by atoms with Crippen LogP contribution in [0.2, 0.25) is 0 Å². The van der Waals surface area contributed by atoms with Gasteiger partial charge in [0.2, 0.25) is 12.1 Å². The lowest BCUT2D eigenvalue weighted by Gasteiger charge is -2.06. The number of carbonyl (C=O) groups is 1. The van der Waals surface area contributed by atoms with E-state index < -0.39 is 0 Å². The van der Waals surface area contributed by atoms with Crippen LogP contribution in [0, 0.1) is 11.3 Å². The average Bonchev–Trinajstić information content (AvgIpc) is 3.29. The lowest BCUT2D eigenvalue weighted by Crippen LogP contribution is -2.37. The van der Waals surface area contributed by atoms with Gasteiger partial charge >= 0.3 is 0 Å². The third-order valence-corrected chi connectivity index (χ3v) is 6.07. The smallest absolute Gasteiger partial charge is 0.277 e. The molecule has 0 saturated heterocycles. The normalized spacial score (nSPS) is 11.7. The molecule has 0 fully saturated rings. The van der Waals surface area contributed by atoms with E-state index in [4.69, 9.17) is 5.10 Å². The molecule has 1 heterocycles. The first-order chi connectivity index (χ1) is 16.6. The number of aryl methyl sites for hydroxylation is 1. The van der Waals surface area contributed by atoms with Gasteiger partial charge in [0.1, 0.15) is 0 Å². The minimum Gasteiger partial charge on any atom is -0.290 e. The highest BCUT2D eigenvalue weighted by molar-refractivity contribution is 5.98. The van der Waals surface area contributed by atoms with Crippen molar-refractivity contribution in [1.82, 2.24) is 9.78 Å². The molecule has 170 valence electrons. The summed E-state index contributed by atoms with van der Waals surface area (Å²) in [5.41, 5.74) is 4.47. The van der Waals surface area contributed by atoms with Gasteiger partial charge in [-0.3, -0.25) is 4.79 Å². The average molecular weight is 450 g/mol. The second-order valence-electron chi connectivity index (χ2n) is 8.50. The van der Waals surface area contributed by atoms with Crippen LogP contribution >= 0.6 is 0 Å². The first-order valence-corrected chi connectivity index (χ1v) is 11.8. The number of carbonyl (C=O) groups excluding carboxylic acids is 1. The van der Waals surface area contributed by atoms with Crippen LogP contribution < -0.4 is 4.57 Å². The fourth-order valence-corrected chi connectivity index (χ4v) is 4.06. The summed E-state index contributed by atoms with van der Waals surface area (Å²) in [5, 5.41) is 14.2. The van der Waals surface area contributed by atoms with Gasteiger partial charge in [0, 0.05) is 17.1 Å². The van der Waals surface area contributed by atoms with Crippen molar-refractivity contribution in [1.29, 1.82) is 5.26 Å². The molecule has 4 aromatic rings. The Labute approximate surface area is 200 Å². The van der Waals surface area contributed by atoms with Gasteiger partial charge in [-0.25, -0.2) is 4.57 Å². The second-order valence-corrected chi connectivity index (χ2v) is 8.50. The van der Waals surface area contributed by atoms with Crippen molar-refractivity contribution in [3.05, 3.63) is 108 Å². The summed E-state index contributed by atoms with van der Waals surface area (Å²) in [4.78, 5) is 13.0. The van der Waals surface area contributed by atoms with E-state index in [-0.39, 0.29) is 11.8 Å². The van der Waals surface area contributed by atoms with Crippen LogP contribution in [0.3, 0.4) is 0 Å². The lowest BCUT2D eigenvalue weighted by molar-refractivity contribution is -0.696. The molecule has 5 heteroatoms. The van der Waals surface area contributed by atoms with Crippen LogP contribution in [0.25, 0.3) is 11.1 Å². The predicted octanol–water partition coefficient (Wildman–Crippen LogP) is 5.54. The van der Waals surface area contributed by atoms with Crippen LogP contribution in [0.15, 0.2) is 85.2 Å². The van der Waals surface area contributed by atoms with E-state index in [1.807, 2.05) is 67.8 Å². The highest BCUT2D eigenvalue weighted by Gasteiger charge is 2.26. The summed E-state index contributed by atoms with van der Waals surface area (Å²) >= 11 is 0. The van der Waals surface area contributed by atoms with Crippen molar-refractivity contribution in [3.63, 3.8) is 0 Å². The summed E-state index contributed by atoms with van der Waals surface area (Å²) in [6, 6.07) is 27.2. The Hall–Kier alpha value is -4.04. The van der Waals surface area contributed by atoms with E-state index in [0.29, 0.717) is 17.7 Å². The molecule has 34 heavy (non-hydrogen) atoms. The Morgan fingerprint density at radius 3 is 2.44 bits per heavy atom. The van der Waals surface area contributed by atoms with Crippen molar-refractivity contribution in [2.45, 2.75) is 45.7 Å². The Balaban J connectivity index is 1.58. The SMILES string of the molecule is CCCCc1nn(C(C)C(=O)c2ccccc2)c[n+]1Cc1ccc(-c2ccccc2C#N)cc1. The maximum Gasteiger partial charge on any atom is 0.277 e. The minimum absolute atomic E-state index is 0.0535. The van der Waals surface area contributed by atoms with Crippen LogP contribution in [-0.4, -0.2) is 15.6 Å². The van der Waals surface area contributed by atoms with E-state index in [1.54, 1.807) is 4.68 Å². The van der Waals surface area contributed by atoms with E-state index in [9.17, 15) is 10.1 Å². The van der Waals surface area contributed by atoms with Crippen LogP contribution in [0.1, 0.15) is 60.0 Å². The lowest BCUT2D eigenvalue weighted by atomic mass is 9.99. The van der Waals surface area contributed by atoms with Gasteiger partial charge in [-0.2, -0.15) is 5.26 Å². The van der Waals surface area contributed by atoms with Gasteiger partial charge < -0.3 is 0 Å². The zero-order chi connectivity index (χ0) is 23.9. The number of unbranched alkanes of at least 4 members (excludes halogenated alkanes) is 1. The van der Waals surface area contributed by atoms with Gasteiger partial charge in [0.25, 0.3) is 5.82 Å². The second kappa shape index (κ2) is 10.7. The standard InChI is InChI=1S/C29H29N4O/c1-3-4-14-28-31-33(22(2)29(34)25-10-6-5-7-11-25)21-32(28)20-23-15-17-24(18-16-23)27-13-9-8-12-26(27)19-30/h5-13,15-18,21-22H,3-4,14,20H2,1-2H3/q+1. The van der Waals surface area contributed by atoms with E-state index in [2.05, 4.69) is 41.8 Å².